The Labute approximate surface area is 134 Å². The van der Waals surface area contributed by atoms with E-state index in [9.17, 15) is 5.11 Å². The molecule has 1 aromatic rings. The van der Waals surface area contributed by atoms with Gasteiger partial charge < -0.3 is 15.2 Å². The molecule has 0 amide bonds. The van der Waals surface area contributed by atoms with Crippen LogP contribution in [0.5, 0.6) is 5.75 Å². The third-order valence-corrected chi connectivity index (χ3v) is 5.10. The van der Waals surface area contributed by atoms with E-state index in [4.69, 9.17) is 4.74 Å². The minimum absolute atomic E-state index is 0.0876. The smallest absolute Gasteiger partial charge is 0.124 e. The maximum absolute atomic E-state index is 9.69. The number of hydrogen-bond acceptors (Lipinski definition) is 3. The molecule has 0 radical (unpaired) electrons. The van der Waals surface area contributed by atoms with Crippen LogP contribution in [0.2, 0.25) is 0 Å². The summed E-state index contributed by atoms with van der Waals surface area (Å²) in [6.45, 7) is 5.30. The van der Waals surface area contributed by atoms with E-state index in [-0.39, 0.29) is 6.10 Å². The molecule has 22 heavy (non-hydrogen) atoms. The second-order valence-electron chi connectivity index (χ2n) is 7.17. The number of hydrogen-bond donors (Lipinski definition) is 2. The molecule has 1 unspecified atom stereocenters. The summed E-state index contributed by atoms with van der Waals surface area (Å²) in [5.41, 5.74) is 2.71. The zero-order chi connectivity index (χ0) is 15.5. The van der Waals surface area contributed by atoms with Gasteiger partial charge in [0.25, 0.3) is 0 Å². The minimum Gasteiger partial charge on any atom is -0.493 e. The minimum atomic E-state index is -0.0876. The molecular formula is C19H29NO2. The van der Waals surface area contributed by atoms with Crippen molar-refractivity contribution in [1.29, 1.82) is 0 Å². The highest BCUT2D eigenvalue weighted by atomic mass is 16.5. The molecule has 1 aromatic carbocycles. The topological polar surface area (TPSA) is 41.5 Å². The molecular weight excluding hydrogens is 274 g/mol. The molecule has 1 saturated carbocycles. The zero-order valence-electron chi connectivity index (χ0n) is 13.8. The quantitative estimate of drug-likeness (QED) is 0.889. The monoisotopic (exact) mass is 303 g/mol. The molecule has 1 aliphatic carbocycles. The number of nitrogens with one attached hydrogen (secondary N) is 1. The molecule has 122 valence electrons. The molecule has 2 N–H and O–H groups in total. The van der Waals surface area contributed by atoms with Gasteiger partial charge in [0, 0.05) is 17.6 Å². The van der Waals surface area contributed by atoms with Crippen LogP contribution in [-0.2, 0) is 0 Å². The fourth-order valence-electron chi connectivity index (χ4n) is 3.66. The first-order valence-corrected chi connectivity index (χ1v) is 8.84. The van der Waals surface area contributed by atoms with Crippen molar-refractivity contribution < 1.29 is 9.84 Å². The molecule has 2 aliphatic rings. The van der Waals surface area contributed by atoms with Gasteiger partial charge in [-0.3, -0.25) is 0 Å². The number of rotatable bonds is 3. The molecule has 1 atom stereocenters. The van der Waals surface area contributed by atoms with E-state index in [1.54, 1.807) is 0 Å². The van der Waals surface area contributed by atoms with E-state index >= 15 is 0 Å². The van der Waals surface area contributed by atoms with Crippen molar-refractivity contribution >= 4 is 0 Å². The van der Waals surface area contributed by atoms with Gasteiger partial charge in [0.1, 0.15) is 5.75 Å². The largest absolute Gasteiger partial charge is 0.493 e. The summed E-state index contributed by atoms with van der Waals surface area (Å²) in [5.74, 6) is 1.59. The molecule has 0 bridgehead atoms. The Hall–Kier alpha value is -1.06. The molecule has 1 aliphatic heterocycles. The lowest BCUT2D eigenvalue weighted by atomic mass is 9.90. The number of ether oxygens (including phenoxy) is 1. The van der Waals surface area contributed by atoms with Gasteiger partial charge >= 0.3 is 0 Å². The van der Waals surface area contributed by atoms with Gasteiger partial charge in [-0.2, -0.15) is 0 Å². The average Bonchev–Trinajstić information content (AvgIpc) is 2.71. The van der Waals surface area contributed by atoms with E-state index in [0.29, 0.717) is 18.0 Å². The van der Waals surface area contributed by atoms with Crippen LogP contribution in [0.25, 0.3) is 0 Å². The highest BCUT2D eigenvalue weighted by molar-refractivity contribution is 5.41. The van der Waals surface area contributed by atoms with Gasteiger partial charge in [-0.15, -0.1) is 0 Å². The Morgan fingerprint density at radius 2 is 1.91 bits per heavy atom. The standard InChI is InChI=1S/C19H29NO2/c1-13(2)14-5-10-19-17(12-14)18(4-3-11-22-19)20-15-6-8-16(21)9-7-15/h5,10,12-13,15-16,18,20-21H,3-4,6-9,11H2,1-2H3. The summed E-state index contributed by atoms with van der Waals surface area (Å²) in [4.78, 5) is 0. The molecule has 1 heterocycles. The van der Waals surface area contributed by atoms with Crippen molar-refractivity contribution in [3.63, 3.8) is 0 Å². The van der Waals surface area contributed by atoms with Crippen LogP contribution < -0.4 is 10.1 Å². The van der Waals surface area contributed by atoms with Crippen molar-refractivity contribution in [3.05, 3.63) is 29.3 Å². The molecule has 3 rings (SSSR count). The lowest BCUT2D eigenvalue weighted by Gasteiger charge is -2.30. The molecule has 0 spiro atoms. The van der Waals surface area contributed by atoms with Gasteiger partial charge in [-0.05, 0) is 56.1 Å². The summed E-state index contributed by atoms with van der Waals surface area (Å²) in [5, 5.41) is 13.5. The van der Waals surface area contributed by atoms with Crippen molar-refractivity contribution in [2.45, 2.75) is 76.5 Å². The lowest BCUT2D eigenvalue weighted by Crippen LogP contribution is -2.37. The van der Waals surface area contributed by atoms with Crippen LogP contribution in [-0.4, -0.2) is 23.9 Å². The van der Waals surface area contributed by atoms with Crippen molar-refractivity contribution in [1.82, 2.24) is 5.32 Å². The summed E-state index contributed by atoms with van der Waals surface area (Å²) >= 11 is 0. The molecule has 1 fully saturated rings. The lowest BCUT2D eigenvalue weighted by molar-refractivity contribution is 0.114. The van der Waals surface area contributed by atoms with Crippen LogP contribution in [0.3, 0.4) is 0 Å². The van der Waals surface area contributed by atoms with E-state index in [2.05, 4.69) is 37.4 Å². The maximum atomic E-state index is 9.69. The summed E-state index contributed by atoms with van der Waals surface area (Å²) in [6.07, 6.45) is 6.16. The fraction of sp³-hybridized carbons (Fsp3) is 0.684. The third-order valence-electron chi connectivity index (χ3n) is 5.10. The number of fused-ring (bicyclic) bond motifs is 1. The third kappa shape index (κ3) is 3.64. The predicted molar refractivity (Wildman–Crippen MR) is 89.4 cm³/mol. The average molecular weight is 303 g/mol. The van der Waals surface area contributed by atoms with Crippen LogP contribution in [0.15, 0.2) is 18.2 Å². The summed E-state index contributed by atoms with van der Waals surface area (Å²) in [6, 6.07) is 7.59. The van der Waals surface area contributed by atoms with Gasteiger partial charge in [-0.25, -0.2) is 0 Å². The van der Waals surface area contributed by atoms with E-state index in [0.717, 1.165) is 50.9 Å². The van der Waals surface area contributed by atoms with Crippen LogP contribution >= 0.6 is 0 Å². The van der Waals surface area contributed by atoms with Gasteiger partial charge in [-0.1, -0.05) is 26.0 Å². The second kappa shape index (κ2) is 7.01. The zero-order valence-corrected chi connectivity index (χ0v) is 13.8. The van der Waals surface area contributed by atoms with Crippen LogP contribution in [0.4, 0.5) is 0 Å². The van der Waals surface area contributed by atoms with Gasteiger partial charge in [0.2, 0.25) is 0 Å². The normalized spacial score (nSPS) is 28.8. The second-order valence-corrected chi connectivity index (χ2v) is 7.17. The Morgan fingerprint density at radius 1 is 1.14 bits per heavy atom. The molecule has 0 saturated heterocycles. The Balaban J connectivity index is 1.78. The SMILES string of the molecule is CC(C)c1ccc2c(c1)C(NC1CCC(O)CC1)CCCO2. The summed E-state index contributed by atoms with van der Waals surface area (Å²) in [7, 11) is 0. The van der Waals surface area contributed by atoms with Crippen molar-refractivity contribution in [2.75, 3.05) is 6.61 Å². The Kier molecular flexibility index (Phi) is 5.04. The molecule has 3 nitrogen and oxygen atoms in total. The predicted octanol–water partition coefficient (Wildman–Crippen LogP) is 3.92. The van der Waals surface area contributed by atoms with Crippen LogP contribution in [0, 0.1) is 0 Å². The van der Waals surface area contributed by atoms with E-state index in [1.165, 1.54) is 11.1 Å². The first kappa shape index (κ1) is 15.8. The number of aliphatic hydroxyl groups excluding tert-OH is 1. The highest BCUT2D eigenvalue weighted by Gasteiger charge is 2.26. The van der Waals surface area contributed by atoms with Gasteiger partial charge in [0.05, 0.1) is 12.7 Å². The van der Waals surface area contributed by atoms with Crippen LogP contribution in [0.1, 0.15) is 75.5 Å². The van der Waals surface area contributed by atoms with Gasteiger partial charge in [0.15, 0.2) is 0 Å². The summed E-state index contributed by atoms with van der Waals surface area (Å²) < 4.78 is 5.94. The van der Waals surface area contributed by atoms with Crippen molar-refractivity contribution in [2.24, 2.45) is 0 Å². The van der Waals surface area contributed by atoms with Crippen molar-refractivity contribution in [3.8, 4) is 5.75 Å². The first-order chi connectivity index (χ1) is 10.6. The molecule has 3 heteroatoms. The maximum Gasteiger partial charge on any atom is 0.124 e. The fourth-order valence-corrected chi connectivity index (χ4v) is 3.66. The Bertz CT molecular complexity index is 492. The first-order valence-electron chi connectivity index (χ1n) is 8.84. The highest BCUT2D eigenvalue weighted by Crippen LogP contribution is 2.35. The molecule has 0 aromatic heterocycles. The van der Waals surface area contributed by atoms with E-state index < -0.39 is 0 Å². The van der Waals surface area contributed by atoms with E-state index in [1.807, 2.05) is 0 Å². The Morgan fingerprint density at radius 3 is 2.64 bits per heavy atom. The number of benzene rings is 1. The number of aliphatic hydroxyl groups is 1.